The van der Waals surface area contributed by atoms with E-state index in [0.717, 1.165) is 24.7 Å². The van der Waals surface area contributed by atoms with Crippen LogP contribution in [0.4, 0.5) is 9.59 Å². The van der Waals surface area contributed by atoms with Crippen LogP contribution in [0.1, 0.15) is 70.3 Å². The average Bonchev–Trinajstić information content (AvgIpc) is 2.79. The van der Waals surface area contributed by atoms with Crippen LogP contribution in [0.2, 0.25) is 0 Å². The molecule has 0 aromatic heterocycles. The first kappa shape index (κ1) is 30.6. The Kier molecular flexibility index (Phi) is 12.7. The van der Waals surface area contributed by atoms with Crippen molar-refractivity contribution in [3.63, 3.8) is 0 Å². The van der Waals surface area contributed by atoms with E-state index in [1.807, 2.05) is 0 Å². The Hall–Kier alpha value is -3.39. The number of carbonyl (C=O) groups excluding carboxylic acids is 3. The number of aldehydes is 1. The molecular formula is C28H38O8. The molecule has 0 radical (unpaired) electrons. The van der Waals surface area contributed by atoms with Crippen molar-refractivity contribution in [3.05, 3.63) is 59.7 Å². The van der Waals surface area contributed by atoms with Gasteiger partial charge in [-0.1, -0.05) is 53.7 Å². The predicted molar refractivity (Wildman–Crippen MR) is 136 cm³/mol. The van der Waals surface area contributed by atoms with Crippen LogP contribution in [-0.2, 0) is 16.1 Å². The molecule has 0 saturated heterocycles. The minimum Gasteiger partial charge on any atom is -0.434 e. The van der Waals surface area contributed by atoms with Crippen LogP contribution >= 0.6 is 0 Å². The van der Waals surface area contributed by atoms with Crippen molar-refractivity contribution in [2.45, 2.75) is 61.0 Å². The molecule has 0 fully saturated rings. The van der Waals surface area contributed by atoms with Crippen molar-refractivity contribution in [3.8, 4) is 11.5 Å². The minimum absolute atomic E-state index is 0.0314. The smallest absolute Gasteiger partial charge is 0.434 e. The zero-order valence-corrected chi connectivity index (χ0v) is 22.0. The van der Waals surface area contributed by atoms with Gasteiger partial charge in [0.2, 0.25) is 0 Å². The van der Waals surface area contributed by atoms with E-state index in [2.05, 4.69) is 41.5 Å². The monoisotopic (exact) mass is 502 g/mol. The van der Waals surface area contributed by atoms with Gasteiger partial charge in [0, 0.05) is 5.56 Å². The van der Waals surface area contributed by atoms with Gasteiger partial charge in [-0.3, -0.25) is 4.79 Å². The Bertz CT molecular complexity index is 936. The Morgan fingerprint density at radius 2 is 1.11 bits per heavy atom. The van der Waals surface area contributed by atoms with Gasteiger partial charge in [0.1, 0.15) is 17.8 Å². The van der Waals surface area contributed by atoms with Gasteiger partial charge in [-0.15, -0.1) is 0 Å². The molecule has 0 aliphatic heterocycles. The third kappa shape index (κ3) is 14.8. The lowest BCUT2D eigenvalue weighted by Crippen LogP contribution is -2.15. The molecule has 8 heteroatoms. The molecule has 2 aromatic rings. The molecule has 0 spiro atoms. The molecule has 0 aliphatic carbocycles. The van der Waals surface area contributed by atoms with Crippen molar-refractivity contribution in [1.82, 2.24) is 0 Å². The van der Waals surface area contributed by atoms with Gasteiger partial charge in [0.15, 0.2) is 0 Å². The van der Waals surface area contributed by atoms with Gasteiger partial charge in [-0.05, 0) is 65.6 Å². The van der Waals surface area contributed by atoms with E-state index in [-0.39, 0.29) is 17.4 Å². The number of aliphatic hydroxyl groups excluding tert-OH is 1. The topological polar surface area (TPSA) is 108 Å². The second-order valence-electron chi connectivity index (χ2n) is 10.5. The van der Waals surface area contributed by atoms with Gasteiger partial charge in [-0.25, -0.2) is 9.59 Å². The summed E-state index contributed by atoms with van der Waals surface area (Å²) in [5.74, 6) is 0.773. The molecule has 1 N–H and O–H groups in total. The number of hydrogen-bond donors (Lipinski definition) is 1. The number of benzene rings is 2. The Morgan fingerprint density at radius 1 is 0.722 bits per heavy atom. The normalized spacial score (nSPS) is 11.0. The Labute approximate surface area is 213 Å². The third-order valence-electron chi connectivity index (χ3n) is 4.67. The highest BCUT2D eigenvalue weighted by atomic mass is 16.7. The molecule has 0 saturated carbocycles. The summed E-state index contributed by atoms with van der Waals surface area (Å²) in [6.45, 7) is 13.1. The van der Waals surface area contributed by atoms with Crippen LogP contribution in [-0.4, -0.2) is 36.9 Å². The summed E-state index contributed by atoms with van der Waals surface area (Å²) < 4.78 is 19.9. The maximum Gasteiger partial charge on any atom is 0.513 e. The van der Waals surface area contributed by atoms with Crippen LogP contribution in [0, 0.1) is 10.8 Å². The van der Waals surface area contributed by atoms with E-state index >= 15 is 0 Å². The van der Waals surface area contributed by atoms with E-state index in [0.29, 0.717) is 30.3 Å². The molecule has 0 aliphatic rings. The van der Waals surface area contributed by atoms with Crippen LogP contribution < -0.4 is 9.47 Å². The number of ether oxygens (including phenoxy) is 4. The molecule has 0 amide bonds. The zero-order chi connectivity index (χ0) is 27.2. The third-order valence-corrected chi connectivity index (χ3v) is 4.67. The van der Waals surface area contributed by atoms with Crippen molar-refractivity contribution >= 4 is 18.6 Å². The van der Waals surface area contributed by atoms with E-state index in [1.54, 1.807) is 48.5 Å². The van der Waals surface area contributed by atoms with Crippen LogP contribution in [0.25, 0.3) is 0 Å². The molecule has 2 aromatic carbocycles. The van der Waals surface area contributed by atoms with E-state index < -0.39 is 12.3 Å². The van der Waals surface area contributed by atoms with Crippen LogP contribution in [0.5, 0.6) is 11.5 Å². The van der Waals surface area contributed by atoms with Gasteiger partial charge >= 0.3 is 12.3 Å². The summed E-state index contributed by atoms with van der Waals surface area (Å²) in [5, 5.41) is 8.87. The van der Waals surface area contributed by atoms with Gasteiger partial charge < -0.3 is 24.1 Å². The highest BCUT2D eigenvalue weighted by molar-refractivity contribution is 5.75. The minimum atomic E-state index is -0.724. The molecule has 8 nitrogen and oxygen atoms in total. The number of aliphatic hydroxyl groups is 1. The SMILES string of the molecule is CC(C)(C)CCOC(=O)Oc1ccc(C=O)cc1.CC(C)(C)CCOC(=O)Oc1ccc(CO)cc1. The van der Waals surface area contributed by atoms with Gasteiger partial charge in [-0.2, -0.15) is 0 Å². The van der Waals surface area contributed by atoms with Gasteiger partial charge in [0.25, 0.3) is 0 Å². The summed E-state index contributed by atoms with van der Waals surface area (Å²) in [6.07, 6.45) is 0.859. The number of rotatable bonds is 8. The molecule has 0 atom stereocenters. The number of hydrogen-bond acceptors (Lipinski definition) is 8. The van der Waals surface area contributed by atoms with Crippen molar-refractivity contribution in [2.24, 2.45) is 10.8 Å². The lowest BCUT2D eigenvalue weighted by molar-refractivity contribution is 0.0874. The maximum absolute atomic E-state index is 11.4. The lowest BCUT2D eigenvalue weighted by Gasteiger charge is -2.17. The molecule has 0 bridgehead atoms. The first-order valence-electron chi connectivity index (χ1n) is 11.8. The van der Waals surface area contributed by atoms with Crippen LogP contribution in [0.15, 0.2) is 48.5 Å². The van der Waals surface area contributed by atoms with E-state index in [1.165, 1.54) is 0 Å². The standard InChI is InChI=1S/C14H20O4.C14H18O4/c2*1-14(2,3)8-9-17-13(16)18-12-6-4-11(10-15)5-7-12/h4-7,15H,8-10H2,1-3H3;4-7,10H,8-9H2,1-3H3. The highest BCUT2D eigenvalue weighted by Gasteiger charge is 2.13. The Balaban J connectivity index is 0.000000360. The molecule has 36 heavy (non-hydrogen) atoms. The van der Waals surface area contributed by atoms with Crippen molar-refractivity contribution in [2.75, 3.05) is 13.2 Å². The summed E-state index contributed by atoms with van der Waals surface area (Å²) in [5.41, 5.74) is 1.54. The summed E-state index contributed by atoms with van der Waals surface area (Å²) >= 11 is 0. The second-order valence-corrected chi connectivity index (χ2v) is 10.5. The summed E-state index contributed by atoms with van der Waals surface area (Å²) in [6, 6.07) is 12.9. The maximum atomic E-state index is 11.4. The largest absolute Gasteiger partial charge is 0.513 e. The van der Waals surface area contributed by atoms with Crippen LogP contribution in [0.3, 0.4) is 0 Å². The quantitative estimate of drug-likeness (QED) is 0.245. The lowest BCUT2D eigenvalue weighted by atomic mass is 9.93. The molecule has 2 rings (SSSR count). The Morgan fingerprint density at radius 3 is 1.44 bits per heavy atom. The highest BCUT2D eigenvalue weighted by Crippen LogP contribution is 2.19. The second kappa shape index (κ2) is 14.9. The first-order valence-corrected chi connectivity index (χ1v) is 11.8. The van der Waals surface area contributed by atoms with Gasteiger partial charge in [0.05, 0.1) is 19.8 Å². The average molecular weight is 503 g/mol. The fraction of sp³-hybridized carbons (Fsp3) is 0.464. The fourth-order valence-corrected chi connectivity index (χ4v) is 2.41. The zero-order valence-electron chi connectivity index (χ0n) is 22.0. The predicted octanol–water partition coefficient (Wildman–Crippen LogP) is 6.58. The van der Waals surface area contributed by atoms with Crippen molar-refractivity contribution in [1.29, 1.82) is 0 Å². The molecule has 0 unspecified atom stereocenters. The first-order chi connectivity index (χ1) is 16.8. The summed E-state index contributed by atoms with van der Waals surface area (Å²) in [4.78, 5) is 33.1. The fourth-order valence-electron chi connectivity index (χ4n) is 2.41. The molecule has 198 valence electrons. The summed E-state index contributed by atoms with van der Waals surface area (Å²) in [7, 11) is 0. The van der Waals surface area contributed by atoms with E-state index in [9.17, 15) is 14.4 Å². The van der Waals surface area contributed by atoms with Crippen molar-refractivity contribution < 1.29 is 38.4 Å². The molecule has 0 heterocycles. The molecular weight excluding hydrogens is 464 g/mol. The number of carbonyl (C=O) groups is 3. The van der Waals surface area contributed by atoms with E-state index in [4.69, 9.17) is 24.1 Å².